The van der Waals surface area contributed by atoms with Crippen LogP contribution >= 0.6 is 0 Å². The van der Waals surface area contributed by atoms with E-state index in [2.05, 4.69) is 10.3 Å². The third-order valence-corrected chi connectivity index (χ3v) is 3.48. The van der Waals surface area contributed by atoms with Gasteiger partial charge in [-0.3, -0.25) is 14.6 Å². The number of carboxylic acid groups (broad SMARTS) is 1. The zero-order valence-corrected chi connectivity index (χ0v) is 12.7. The van der Waals surface area contributed by atoms with Crippen LogP contribution in [0.5, 0.6) is 0 Å². The van der Waals surface area contributed by atoms with Gasteiger partial charge in [0.05, 0.1) is 11.4 Å². The number of rotatable bonds is 6. The van der Waals surface area contributed by atoms with Crippen LogP contribution in [0, 0.1) is 11.8 Å². The zero-order valence-electron chi connectivity index (χ0n) is 12.7. The second-order valence-corrected chi connectivity index (χ2v) is 5.79. The van der Waals surface area contributed by atoms with E-state index in [9.17, 15) is 14.7 Å². The first-order valence-electron chi connectivity index (χ1n) is 7.33. The molecule has 0 spiro atoms. The Kier molecular flexibility index (Phi) is 5.09. The van der Waals surface area contributed by atoms with Crippen LogP contribution in [0.1, 0.15) is 30.6 Å². The van der Waals surface area contributed by atoms with E-state index < -0.39 is 11.9 Å². The monoisotopic (exact) mass is 300 g/mol. The normalized spacial score (nSPS) is 12.3. The summed E-state index contributed by atoms with van der Waals surface area (Å²) in [4.78, 5) is 27.6. The van der Waals surface area contributed by atoms with Crippen LogP contribution in [0.15, 0.2) is 36.5 Å². The van der Waals surface area contributed by atoms with Crippen LogP contribution in [-0.2, 0) is 4.79 Å². The van der Waals surface area contributed by atoms with Crippen molar-refractivity contribution < 1.29 is 14.7 Å². The Morgan fingerprint density at radius 3 is 2.73 bits per heavy atom. The highest BCUT2D eigenvalue weighted by Crippen LogP contribution is 2.14. The van der Waals surface area contributed by atoms with E-state index >= 15 is 0 Å². The van der Waals surface area contributed by atoms with Gasteiger partial charge in [0.15, 0.2) is 0 Å². The van der Waals surface area contributed by atoms with Gasteiger partial charge in [0.2, 0.25) is 0 Å². The van der Waals surface area contributed by atoms with Gasteiger partial charge in [-0.2, -0.15) is 0 Å². The molecule has 1 aromatic carbocycles. The molecule has 0 bridgehead atoms. The molecule has 0 aliphatic carbocycles. The van der Waals surface area contributed by atoms with Gasteiger partial charge < -0.3 is 10.4 Å². The lowest BCUT2D eigenvalue weighted by molar-refractivity contribution is -0.142. The number of benzene rings is 1. The van der Waals surface area contributed by atoms with Crippen LogP contribution in [0.2, 0.25) is 0 Å². The molecular formula is C17H20N2O3. The SMILES string of the molecule is CC(C)CC(CNC(=O)c1ccc2ncccc2c1)C(=O)O. The highest BCUT2D eigenvalue weighted by molar-refractivity contribution is 5.98. The Labute approximate surface area is 129 Å². The number of nitrogens with zero attached hydrogens (tertiary/aromatic N) is 1. The third kappa shape index (κ3) is 4.04. The fraction of sp³-hybridized carbons (Fsp3) is 0.353. The zero-order chi connectivity index (χ0) is 16.1. The van der Waals surface area contributed by atoms with Crippen molar-refractivity contribution in [2.24, 2.45) is 11.8 Å². The standard InChI is InChI=1S/C17H20N2O3/c1-11(2)8-14(17(21)22)10-19-16(20)13-5-6-15-12(9-13)4-3-7-18-15/h3-7,9,11,14H,8,10H2,1-2H3,(H,19,20)(H,21,22). The molecule has 5 heteroatoms. The van der Waals surface area contributed by atoms with Gasteiger partial charge in [0, 0.05) is 23.7 Å². The second kappa shape index (κ2) is 7.02. The van der Waals surface area contributed by atoms with Gasteiger partial charge in [-0.05, 0) is 36.6 Å². The summed E-state index contributed by atoms with van der Waals surface area (Å²) in [7, 11) is 0. The number of hydrogen-bond acceptors (Lipinski definition) is 3. The topological polar surface area (TPSA) is 79.3 Å². The van der Waals surface area contributed by atoms with Crippen molar-refractivity contribution in [2.75, 3.05) is 6.54 Å². The van der Waals surface area contributed by atoms with Crippen molar-refractivity contribution in [3.8, 4) is 0 Å². The lowest BCUT2D eigenvalue weighted by atomic mass is 9.97. The second-order valence-electron chi connectivity index (χ2n) is 5.79. The van der Waals surface area contributed by atoms with Crippen molar-refractivity contribution in [3.05, 3.63) is 42.1 Å². The summed E-state index contributed by atoms with van der Waals surface area (Å²) in [6.45, 7) is 4.07. The van der Waals surface area contributed by atoms with Crippen molar-refractivity contribution >= 4 is 22.8 Å². The van der Waals surface area contributed by atoms with E-state index in [0.29, 0.717) is 12.0 Å². The lowest BCUT2D eigenvalue weighted by Crippen LogP contribution is -2.33. The maximum atomic E-state index is 12.2. The van der Waals surface area contributed by atoms with Gasteiger partial charge in [0.1, 0.15) is 0 Å². The van der Waals surface area contributed by atoms with Crippen LogP contribution in [0.3, 0.4) is 0 Å². The maximum Gasteiger partial charge on any atom is 0.308 e. The number of pyridine rings is 1. The highest BCUT2D eigenvalue weighted by atomic mass is 16.4. The van der Waals surface area contributed by atoms with Gasteiger partial charge in [-0.25, -0.2) is 0 Å². The molecule has 2 N–H and O–H groups in total. The molecule has 0 aliphatic heterocycles. The molecule has 2 rings (SSSR count). The van der Waals surface area contributed by atoms with Gasteiger partial charge in [-0.1, -0.05) is 19.9 Å². The average Bonchev–Trinajstić information content (AvgIpc) is 2.50. The predicted molar refractivity (Wildman–Crippen MR) is 84.7 cm³/mol. The average molecular weight is 300 g/mol. The fourth-order valence-electron chi connectivity index (χ4n) is 2.38. The Hall–Kier alpha value is -2.43. The summed E-state index contributed by atoms with van der Waals surface area (Å²) < 4.78 is 0. The predicted octanol–water partition coefficient (Wildman–Crippen LogP) is 2.71. The summed E-state index contributed by atoms with van der Waals surface area (Å²) in [6, 6.07) is 8.94. The number of fused-ring (bicyclic) bond motifs is 1. The molecule has 0 saturated heterocycles. The van der Waals surface area contributed by atoms with Crippen LogP contribution in [0.25, 0.3) is 10.9 Å². The molecule has 0 saturated carbocycles. The maximum absolute atomic E-state index is 12.2. The molecule has 22 heavy (non-hydrogen) atoms. The molecule has 0 aliphatic rings. The van der Waals surface area contributed by atoms with Gasteiger partial charge in [0.25, 0.3) is 5.91 Å². The quantitative estimate of drug-likeness (QED) is 0.859. The Bertz CT molecular complexity index is 682. The minimum atomic E-state index is -0.878. The molecular weight excluding hydrogens is 280 g/mol. The number of carboxylic acids is 1. The lowest BCUT2D eigenvalue weighted by Gasteiger charge is -2.15. The molecule has 2 aromatic rings. The van der Waals surface area contributed by atoms with E-state index in [1.165, 1.54) is 0 Å². The number of nitrogens with one attached hydrogen (secondary N) is 1. The molecule has 5 nitrogen and oxygen atoms in total. The summed E-state index contributed by atoms with van der Waals surface area (Å²) in [5.74, 6) is -1.44. The van der Waals surface area contributed by atoms with Crippen molar-refractivity contribution in [1.82, 2.24) is 10.3 Å². The van der Waals surface area contributed by atoms with E-state index in [1.807, 2.05) is 26.0 Å². The van der Waals surface area contributed by atoms with E-state index in [1.54, 1.807) is 24.4 Å². The van der Waals surface area contributed by atoms with Crippen LogP contribution in [0.4, 0.5) is 0 Å². The number of carbonyl (C=O) groups excluding carboxylic acids is 1. The van der Waals surface area contributed by atoms with Crippen molar-refractivity contribution in [3.63, 3.8) is 0 Å². The molecule has 0 radical (unpaired) electrons. The smallest absolute Gasteiger partial charge is 0.308 e. The summed E-state index contributed by atoms with van der Waals surface area (Å²) in [6.07, 6.45) is 2.24. The molecule has 1 heterocycles. The summed E-state index contributed by atoms with van der Waals surface area (Å²) >= 11 is 0. The number of hydrogen-bond donors (Lipinski definition) is 2. The molecule has 1 aromatic heterocycles. The Balaban J connectivity index is 2.05. The Morgan fingerprint density at radius 1 is 1.27 bits per heavy atom. The summed E-state index contributed by atoms with van der Waals surface area (Å²) in [5.41, 5.74) is 1.33. The minimum Gasteiger partial charge on any atom is -0.481 e. The molecule has 1 unspecified atom stereocenters. The number of amides is 1. The summed E-state index contributed by atoms with van der Waals surface area (Å²) in [5, 5.41) is 12.8. The first-order valence-corrected chi connectivity index (χ1v) is 7.33. The Morgan fingerprint density at radius 2 is 2.05 bits per heavy atom. The van der Waals surface area contributed by atoms with E-state index in [0.717, 1.165) is 10.9 Å². The van der Waals surface area contributed by atoms with Crippen LogP contribution < -0.4 is 5.32 Å². The largest absolute Gasteiger partial charge is 0.481 e. The fourth-order valence-corrected chi connectivity index (χ4v) is 2.38. The molecule has 1 atom stereocenters. The van der Waals surface area contributed by atoms with E-state index in [4.69, 9.17) is 0 Å². The van der Waals surface area contributed by atoms with Crippen molar-refractivity contribution in [2.45, 2.75) is 20.3 Å². The third-order valence-electron chi connectivity index (χ3n) is 3.48. The number of carbonyl (C=O) groups is 2. The van der Waals surface area contributed by atoms with Crippen molar-refractivity contribution in [1.29, 1.82) is 0 Å². The number of aromatic nitrogens is 1. The van der Waals surface area contributed by atoms with Gasteiger partial charge >= 0.3 is 5.97 Å². The minimum absolute atomic E-state index is 0.136. The van der Waals surface area contributed by atoms with Gasteiger partial charge in [-0.15, -0.1) is 0 Å². The first kappa shape index (κ1) is 15.9. The first-order chi connectivity index (χ1) is 10.5. The molecule has 116 valence electrons. The van der Waals surface area contributed by atoms with E-state index in [-0.39, 0.29) is 18.4 Å². The number of aliphatic carboxylic acids is 1. The molecule has 1 amide bonds. The molecule has 0 fully saturated rings. The van der Waals surface area contributed by atoms with Crippen LogP contribution in [-0.4, -0.2) is 28.5 Å². The highest BCUT2D eigenvalue weighted by Gasteiger charge is 2.20.